The fraction of sp³-hybridized carbons (Fsp3) is 0.600. The Kier molecular flexibility index (Phi) is 3.73. The van der Waals surface area contributed by atoms with Crippen LogP contribution in [0.5, 0.6) is 0 Å². The van der Waals surface area contributed by atoms with E-state index in [2.05, 4.69) is 50.4 Å². The Balaban J connectivity index is 1.60. The molecule has 1 aromatic rings. The van der Waals surface area contributed by atoms with Crippen LogP contribution in [0.4, 0.5) is 0 Å². The van der Waals surface area contributed by atoms with Crippen LogP contribution >= 0.6 is 15.9 Å². The summed E-state index contributed by atoms with van der Waals surface area (Å²) in [6.07, 6.45) is 4.12. The maximum Gasteiger partial charge on any atom is 0.0233 e. The summed E-state index contributed by atoms with van der Waals surface area (Å²) < 4.78 is 1.17. The van der Waals surface area contributed by atoms with E-state index in [1.54, 1.807) is 0 Å². The van der Waals surface area contributed by atoms with Gasteiger partial charge in [-0.25, -0.2) is 0 Å². The van der Waals surface area contributed by atoms with Gasteiger partial charge in [-0.3, -0.25) is 4.90 Å². The zero-order valence-corrected chi connectivity index (χ0v) is 12.4. The van der Waals surface area contributed by atoms with Crippen LogP contribution in [0.2, 0.25) is 0 Å². The van der Waals surface area contributed by atoms with E-state index in [-0.39, 0.29) is 0 Å². The summed E-state index contributed by atoms with van der Waals surface area (Å²) in [5.41, 5.74) is 2.06. The van der Waals surface area contributed by atoms with Crippen LogP contribution in [0, 0.1) is 5.41 Å². The molecule has 0 saturated carbocycles. The molecule has 1 aromatic carbocycles. The molecule has 0 aromatic heterocycles. The molecule has 0 aliphatic carbocycles. The number of likely N-dealkylation sites (tertiary alicyclic amines) is 1. The number of hydrogen-bond acceptors (Lipinski definition) is 2. The normalized spacial score (nSPS) is 23.6. The fourth-order valence-electron chi connectivity index (χ4n) is 3.38. The standard InChI is InChI=1S/C15H21BrN2/c16-14-3-1-13(2-4-14)11-18-10-7-15(12-18)5-8-17-9-6-15/h1-4,17H,5-12H2. The van der Waals surface area contributed by atoms with Gasteiger partial charge in [0.2, 0.25) is 0 Å². The van der Waals surface area contributed by atoms with Crippen molar-refractivity contribution in [1.29, 1.82) is 0 Å². The second kappa shape index (κ2) is 5.32. The summed E-state index contributed by atoms with van der Waals surface area (Å²) >= 11 is 3.50. The third-order valence-corrected chi connectivity index (χ3v) is 5.03. The first-order valence-electron chi connectivity index (χ1n) is 6.93. The fourth-order valence-corrected chi connectivity index (χ4v) is 3.64. The largest absolute Gasteiger partial charge is 0.317 e. The second-order valence-electron chi connectivity index (χ2n) is 5.84. The Hall–Kier alpha value is -0.380. The summed E-state index contributed by atoms with van der Waals surface area (Å²) in [4.78, 5) is 2.63. The average molecular weight is 309 g/mol. The minimum atomic E-state index is 0.626. The molecular formula is C15H21BrN2. The molecule has 1 N–H and O–H groups in total. The monoisotopic (exact) mass is 308 g/mol. The van der Waals surface area contributed by atoms with E-state index >= 15 is 0 Å². The van der Waals surface area contributed by atoms with Gasteiger partial charge in [-0.2, -0.15) is 0 Å². The van der Waals surface area contributed by atoms with Crippen molar-refractivity contribution in [2.45, 2.75) is 25.8 Å². The molecule has 0 amide bonds. The molecule has 2 aliphatic rings. The SMILES string of the molecule is Brc1ccc(CN2CCC3(CCNCC3)C2)cc1. The topological polar surface area (TPSA) is 15.3 Å². The number of benzene rings is 1. The Morgan fingerprint density at radius 1 is 1.11 bits per heavy atom. The van der Waals surface area contributed by atoms with E-state index in [9.17, 15) is 0 Å². The van der Waals surface area contributed by atoms with Gasteiger partial charge in [0.25, 0.3) is 0 Å². The molecule has 1 spiro atoms. The van der Waals surface area contributed by atoms with E-state index in [1.807, 2.05) is 0 Å². The highest BCUT2D eigenvalue weighted by Gasteiger charge is 2.38. The first kappa shape index (κ1) is 12.6. The molecule has 2 heterocycles. The van der Waals surface area contributed by atoms with Gasteiger partial charge in [-0.1, -0.05) is 28.1 Å². The van der Waals surface area contributed by atoms with Gasteiger partial charge in [0.15, 0.2) is 0 Å². The van der Waals surface area contributed by atoms with Gasteiger partial charge < -0.3 is 5.32 Å². The van der Waals surface area contributed by atoms with E-state index in [1.165, 1.54) is 55.5 Å². The Morgan fingerprint density at radius 3 is 2.56 bits per heavy atom. The number of nitrogens with one attached hydrogen (secondary N) is 1. The number of halogens is 1. The number of piperidine rings is 1. The first-order chi connectivity index (χ1) is 8.76. The zero-order valence-electron chi connectivity index (χ0n) is 10.8. The molecule has 0 atom stereocenters. The molecule has 2 aliphatic heterocycles. The lowest BCUT2D eigenvalue weighted by Gasteiger charge is -2.33. The Morgan fingerprint density at radius 2 is 1.83 bits per heavy atom. The number of rotatable bonds is 2. The summed E-state index contributed by atoms with van der Waals surface area (Å²) in [5.74, 6) is 0. The minimum Gasteiger partial charge on any atom is -0.317 e. The van der Waals surface area contributed by atoms with E-state index in [0.717, 1.165) is 6.54 Å². The smallest absolute Gasteiger partial charge is 0.0233 e. The molecule has 18 heavy (non-hydrogen) atoms. The van der Waals surface area contributed by atoms with Crippen molar-refractivity contribution < 1.29 is 0 Å². The van der Waals surface area contributed by atoms with Crippen molar-refractivity contribution in [3.63, 3.8) is 0 Å². The number of hydrogen-bond donors (Lipinski definition) is 1. The summed E-state index contributed by atoms with van der Waals surface area (Å²) in [5, 5.41) is 3.48. The maximum atomic E-state index is 3.50. The highest BCUT2D eigenvalue weighted by molar-refractivity contribution is 9.10. The lowest BCUT2D eigenvalue weighted by Crippen LogP contribution is -2.38. The van der Waals surface area contributed by atoms with Gasteiger partial charge in [-0.15, -0.1) is 0 Å². The number of nitrogens with zero attached hydrogens (tertiary/aromatic N) is 1. The third kappa shape index (κ3) is 2.79. The van der Waals surface area contributed by atoms with Crippen LogP contribution in [-0.2, 0) is 6.54 Å². The van der Waals surface area contributed by atoms with Crippen molar-refractivity contribution in [3.05, 3.63) is 34.3 Å². The van der Waals surface area contributed by atoms with Crippen molar-refractivity contribution in [2.75, 3.05) is 26.2 Å². The highest BCUT2D eigenvalue weighted by Crippen LogP contribution is 2.38. The molecule has 3 heteroatoms. The van der Waals surface area contributed by atoms with Crippen LogP contribution in [0.15, 0.2) is 28.7 Å². The van der Waals surface area contributed by atoms with Crippen LogP contribution in [-0.4, -0.2) is 31.1 Å². The summed E-state index contributed by atoms with van der Waals surface area (Å²) in [6, 6.07) is 8.76. The highest BCUT2D eigenvalue weighted by atomic mass is 79.9. The Bertz CT molecular complexity index is 395. The zero-order chi connectivity index (χ0) is 12.4. The van der Waals surface area contributed by atoms with Gasteiger partial charge in [0.05, 0.1) is 0 Å². The molecule has 2 nitrogen and oxygen atoms in total. The predicted octanol–water partition coefficient (Wildman–Crippen LogP) is 3.02. The van der Waals surface area contributed by atoms with Gasteiger partial charge in [0.1, 0.15) is 0 Å². The van der Waals surface area contributed by atoms with E-state index < -0.39 is 0 Å². The van der Waals surface area contributed by atoms with Crippen LogP contribution < -0.4 is 5.32 Å². The lowest BCUT2D eigenvalue weighted by molar-refractivity contribution is 0.194. The van der Waals surface area contributed by atoms with E-state index in [4.69, 9.17) is 0 Å². The molecule has 2 saturated heterocycles. The van der Waals surface area contributed by atoms with Crippen molar-refractivity contribution >= 4 is 15.9 Å². The molecule has 0 radical (unpaired) electrons. The quantitative estimate of drug-likeness (QED) is 0.903. The third-order valence-electron chi connectivity index (χ3n) is 4.50. The molecule has 98 valence electrons. The molecule has 3 rings (SSSR count). The molecular weight excluding hydrogens is 288 g/mol. The minimum absolute atomic E-state index is 0.626. The second-order valence-corrected chi connectivity index (χ2v) is 6.75. The predicted molar refractivity (Wildman–Crippen MR) is 78.6 cm³/mol. The van der Waals surface area contributed by atoms with Crippen LogP contribution in [0.3, 0.4) is 0 Å². The van der Waals surface area contributed by atoms with Crippen molar-refractivity contribution in [3.8, 4) is 0 Å². The van der Waals surface area contributed by atoms with Crippen molar-refractivity contribution in [2.24, 2.45) is 5.41 Å². The van der Waals surface area contributed by atoms with Crippen molar-refractivity contribution in [1.82, 2.24) is 10.2 Å². The van der Waals surface area contributed by atoms with Crippen LogP contribution in [0.25, 0.3) is 0 Å². The first-order valence-corrected chi connectivity index (χ1v) is 7.73. The molecule has 0 unspecified atom stereocenters. The average Bonchev–Trinajstić information content (AvgIpc) is 2.76. The maximum absolute atomic E-state index is 3.50. The summed E-state index contributed by atoms with van der Waals surface area (Å²) in [7, 11) is 0. The van der Waals surface area contributed by atoms with E-state index in [0.29, 0.717) is 5.41 Å². The molecule has 2 fully saturated rings. The molecule has 0 bridgehead atoms. The van der Waals surface area contributed by atoms with Gasteiger partial charge >= 0.3 is 0 Å². The Labute approximate surface area is 118 Å². The van der Waals surface area contributed by atoms with Gasteiger partial charge in [-0.05, 0) is 62.0 Å². The lowest BCUT2D eigenvalue weighted by atomic mass is 9.78. The summed E-state index contributed by atoms with van der Waals surface area (Å²) in [6.45, 7) is 6.11. The van der Waals surface area contributed by atoms with Crippen LogP contribution in [0.1, 0.15) is 24.8 Å². The van der Waals surface area contributed by atoms with Gasteiger partial charge in [0, 0.05) is 17.6 Å².